The lowest BCUT2D eigenvalue weighted by molar-refractivity contribution is -0.130. The minimum absolute atomic E-state index is 0.0189. The van der Waals surface area contributed by atoms with E-state index in [4.69, 9.17) is 0 Å². The molecule has 0 bridgehead atoms. The summed E-state index contributed by atoms with van der Waals surface area (Å²) in [7, 11) is -1.89. The van der Waals surface area contributed by atoms with Crippen molar-refractivity contribution in [2.45, 2.75) is 24.8 Å². The number of sulfonamides is 1. The fourth-order valence-electron chi connectivity index (χ4n) is 3.90. The molecule has 2 heterocycles. The minimum Gasteiger partial charge on any atom is -0.341 e. The molecule has 1 aliphatic rings. The molecule has 1 aromatic heterocycles. The smallest absolute Gasteiger partial charge is 0.262 e. The second-order valence-corrected chi connectivity index (χ2v) is 10.0. The molecule has 0 atom stereocenters. The van der Waals surface area contributed by atoms with Crippen LogP contribution >= 0.6 is 0 Å². The van der Waals surface area contributed by atoms with Gasteiger partial charge in [-0.25, -0.2) is 13.4 Å². The van der Waals surface area contributed by atoms with Crippen LogP contribution < -0.4 is 0 Å². The van der Waals surface area contributed by atoms with Crippen molar-refractivity contribution < 1.29 is 13.2 Å². The van der Waals surface area contributed by atoms with Crippen LogP contribution in [0, 0.1) is 6.92 Å². The third kappa shape index (κ3) is 4.76. The van der Waals surface area contributed by atoms with Gasteiger partial charge in [-0.2, -0.15) is 4.31 Å². The first-order valence-corrected chi connectivity index (χ1v) is 12.2. The Labute approximate surface area is 189 Å². The van der Waals surface area contributed by atoms with E-state index in [1.807, 2.05) is 42.5 Å². The maximum absolute atomic E-state index is 13.0. The highest BCUT2D eigenvalue weighted by molar-refractivity contribution is 7.89. The molecule has 1 amide bonds. The molecule has 0 saturated carbocycles. The number of carbonyl (C=O) groups is 1. The van der Waals surface area contributed by atoms with Crippen molar-refractivity contribution >= 4 is 15.9 Å². The SMILES string of the molecule is Cc1nc(S(=O)(=O)N2CCCN(C(=O)Cc3ccc(-c4ccccc4)cc3)CC2)cn1C. The van der Waals surface area contributed by atoms with E-state index < -0.39 is 10.0 Å². The van der Waals surface area contributed by atoms with Gasteiger partial charge in [0.05, 0.1) is 6.42 Å². The molecule has 0 spiro atoms. The van der Waals surface area contributed by atoms with Gasteiger partial charge >= 0.3 is 0 Å². The van der Waals surface area contributed by atoms with Crippen molar-refractivity contribution in [2.75, 3.05) is 26.2 Å². The van der Waals surface area contributed by atoms with E-state index in [1.54, 1.807) is 23.4 Å². The number of rotatable bonds is 5. The molecule has 0 radical (unpaired) electrons. The summed E-state index contributed by atoms with van der Waals surface area (Å²) < 4.78 is 29.1. The maximum Gasteiger partial charge on any atom is 0.262 e. The lowest BCUT2D eigenvalue weighted by Gasteiger charge is -2.21. The van der Waals surface area contributed by atoms with Gasteiger partial charge in [0.1, 0.15) is 5.82 Å². The van der Waals surface area contributed by atoms with Crippen molar-refractivity contribution in [1.29, 1.82) is 0 Å². The van der Waals surface area contributed by atoms with Gasteiger partial charge in [0.2, 0.25) is 5.91 Å². The molecule has 1 fully saturated rings. The molecule has 0 N–H and O–H groups in total. The van der Waals surface area contributed by atoms with Gasteiger partial charge in [-0.1, -0.05) is 54.6 Å². The van der Waals surface area contributed by atoms with Gasteiger partial charge in [0, 0.05) is 39.4 Å². The third-order valence-corrected chi connectivity index (χ3v) is 7.68. The summed E-state index contributed by atoms with van der Waals surface area (Å²) in [6.07, 6.45) is 2.45. The Bertz CT molecular complexity index is 1170. The normalized spacial score (nSPS) is 15.5. The first-order valence-electron chi connectivity index (χ1n) is 10.8. The molecule has 2 aromatic carbocycles. The van der Waals surface area contributed by atoms with Crippen molar-refractivity contribution in [1.82, 2.24) is 18.8 Å². The van der Waals surface area contributed by atoms with Gasteiger partial charge in [-0.05, 0) is 30.0 Å². The van der Waals surface area contributed by atoms with Crippen LogP contribution in [0.15, 0.2) is 65.8 Å². The molecular formula is C24H28N4O3S. The summed E-state index contributed by atoms with van der Waals surface area (Å²) in [6.45, 7) is 3.36. The number of aryl methyl sites for hydroxylation is 2. The van der Waals surface area contributed by atoms with Crippen LogP contribution in [0.1, 0.15) is 17.8 Å². The lowest BCUT2D eigenvalue weighted by atomic mass is 10.0. The van der Waals surface area contributed by atoms with E-state index in [0.717, 1.165) is 16.7 Å². The molecule has 1 aliphatic heterocycles. The van der Waals surface area contributed by atoms with Crippen LogP contribution in [0.2, 0.25) is 0 Å². The maximum atomic E-state index is 13.0. The largest absolute Gasteiger partial charge is 0.341 e. The number of amides is 1. The standard InChI is InChI=1S/C24H28N4O3S/c1-19-25-23(18-26(19)2)32(30,31)28-14-6-13-27(15-16-28)24(29)17-20-9-11-22(12-10-20)21-7-4-3-5-8-21/h3-5,7-12,18H,6,13-17H2,1-2H3. The second kappa shape index (κ2) is 9.26. The number of aromatic nitrogens is 2. The third-order valence-electron chi connectivity index (χ3n) is 5.91. The first kappa shape index (κ1) is 22.2. The molecule has 168 valence electrons. The molecule has 4 rings (SSSR count). The van der Waals surface area contributed by atoms with Crippen molar-refractivity contribution in [3.05, 3.63) is 72.2 Å². The Morgan fingerprint density at radius 3 is 2.28 bits per heavy atom. The Morgan fingerprint density at radius 2 is 1.62 bits per heavy atom. The summed E-state index contributed by atoms with van der Waals surface area (Å²) >= 11 is 0. The highest BCUT2D eigenvalue weighted by atomic mass is 32.2. The molecule has 8 heteroatoms. The van der Waals surface area contributed by atoms with Crippen LogP contribution in [0.4, 0.5) is 0 Å². The zero-order valence-electron chi connectivity index (χ0n) is 18.4. The van der Waals surface area contributed by atoms with Gasteiger partial charge in [-0.3, -0.25) is 4.79 Å². The molecule has 32 heavy (non-hydrogen) atoms. The highest BCUT2D eigenvalue weighted by Crippen LogP contribution is 2.20. The average Bonchev–Trinajstić information content (AvgIpc) is 2.99. The molecule has 0 aliphatic carbocycles. The minimum atomic E-state index is -3.66. The molecular weight excluding hydrogens is 424 g/mol. The lowest BCUT2D eigenvalue weighted by Crippen LogP contribution is -2.38. The summed E-state index contributed by atoms with van der Waals surface area (Å²) in [6, 6.07) is 18.1. The van der Waals surface area contributed by atoms with Crippen molar-refractivity contribution in [3.8, 4) is 11.1 Å². The van der Waals surface area contributed by atoms with Gasteiger partial charge in [-0.15, -0.1) is 0 Å². The van der Waals surface area contributed by atoms with Gasteiger partial charge < -0.3 is 9.47 Å². The second-order valence-electron chi connectivity index (χ2n) is 8.12. The molecule has 3 aromatic rings. The topological polar surface area (TPSA) is 75.5 Å². The number of carbonyl (C=O) groups excluding carboxylic acids is 1. The quantitative estimate of drug-likeness (QED) is 0.597. The zero-order chi connectivity index (χ0) is 22.7. The summed E-state index contributed by atoms with van der Waals surface area (Å²) in [5, 5.41) is 0.0655. The number of nitrogens with zero attached hydrogens (tertiary/aromatic N) is 4. The summed E-state index contributed by atoms with van der Waals surface area (Å²) in [5.74, 6) is 0.666. The van der Waals surface area contributed by atoms with Crippen molar-refractivity contribution in [3.63, 3.8) is 0 Å². The number of benzene rings is 2. The predicted octanol–water partition coefficient (Wildman–Crippen LogP) is 2.86. The summed E-state index contributed by atoms with van der Waals surface area (Å²) in [4.78, 5) is 18.8. The Morgan fingerprint density at radius 1 is 0.938 bits per heavy atom. The van der Waals surface area contributed by atoms with Gasteiger partial charge in [0.15, 0.2) is 5.03 Å². The van der Waals surface area contributed by atoms with Crippen LogP contribution in [-0.4, -0.2) is 59.3 Å². The summed E-state index contributed by atoms with van der Waals surface area (Å²) in [5.41, 5.74) is 3.21. The van der Waals surface area contributed by atoms with Crippen molar-refractivity contribution in [2.24, 2.45) is 7.05 Å². The van der Waals surface area contributed by atoms with Crippen LogP contribution in [0.5, 0.6) is 0 Å². The average molecular weight is 453 g/mol. The van der Waals surface area contributed by atoms with E-state index in [1.165, 1.54) is 10.5 Å². The highest BCUT2D eigenvalue weighted by Gasteiger charge is 2.30. The molecule has 1 saturated heterocycles. The number of hydrogen-bond donors (Lipinski definition) is 0. The zero-order valence-corrected chi connectivity index (χ0v) is 19.3. The van der Waals surface area contributed by atoms with E-state index in [2.05, 4.69) is 17.1 Å². The monoisotopic (exact) mass is 452 g/mol. The fraction of sp³-hybridized carbons (Fsp3) is 0.333. The molecule has 0 unspecified atom stereocenters. The Kier molecular flexibility index (Phi) is 6.43. The van der Waals surface area contributed by atoms with E-state index >= 15 is 0 Å². The van der Waals surface area contributed by atoms with E-state index in [0.29, 0.717) is 38.3 Å². The fourth-order valence-corrected chi connectivity index (χ4v) is 5.39. The number of hydrogen-bond acceptors (Lipinski definition) is 4. The van der Waals surface area contributed by atoms with E-state index in [9.17, 15) is 13.2 Å². The van der Waals surface area contributed by atoms with Gasteiger partial charge in [0.25, 0.3) is 10.0 Å². The number of imidazole rings is 1. The Hall–Kier alpha value is -2.97. The Balaban J connectivity index is 1.38. The van der Waals surface area contributed by atoms with Crippen LogP contribution in [0.25, 0.3) is 11.1 Å². The van der Waals surface area contributed by atoms with Crippen LogP contribution in [-0.2, 0) is 28.3 Å². The van der Waals surface area contributed by atoms with E-state index in [-0.39, 0.29) is 17.5 Å². The molecule has 7 nitrogen and oxygen atoms in total. The predicted molar refractivity (Wildman–Crippen MR) is 123 cm³/mol. The van der Waals surface area contributed by atoms with Crippen LogP contribution in [0.3, 0.4) is 0 Å². The first-order chi connectivity index (χ1) is 15.3.